The van der Waals surface area contributed by atoms with Crippen LogP contribution in [0.25, 0.3) is 0 Å². The highest BCUT2D eigenvalue weighted by Gasteiger charge is 2.44. The Morgan fingerprint density at radius 1 is 1.24 bits per heavy atom. The zero-order chi connectivity index (χ0) is 14.3. The van der Waals surface area contributed by atoms with Crippen molar-refractivity contribution in [3.63, 3.8) is 0 Å². The van der Waals surface area contributed by atoms with Crippen LogP contribution in [-0.2, 0) is 11.2 Å². The van der Waals surface area contributed by atoms with Crippen LogP contribution in [0.4, 0.5) is 4.79 Å². The van der Waals surface area contributed by atoms with Gasteiger partial charge in [0.05, 0.1) is 6.54 Å². The number of para-hydroxylation sites is 1. The molecule has 1 amide bonds. The Morgan fingerprint density at radius 2 is 2.05 bits per heavy atom. The maximum atomic E-state index is 11.3. The molecule has 1 unspecified atom stereocenters. The third-order valence-corrected chi connectivity index (χ3v) is 4.95. The zero-order valence-corrected chi connectivity index (χ0v) is 12.0. The zero-order valence-electron chi connectivity index (χ0n) is 12.0. The molecule has 0 saturated carbocycles. The van der Waals surface area contributed by atoms with E-state index in [9.17, 15) is 4.79 Å². The molecule has 3 heterocycles. The number of benzene rings is 1. The molecule has 0 radical (unpaired) electrons. The Labute approximate surface area is 124 Å². The number of piperidine rings is 1. The van der Waals surface area contributed by atoms with Crippen molar-refractivity contribution in [2.24, 2.45) is 0 Å². The van der Waals surface area contributed by atoms with Gasteiger partial charge in [-0.2, -0.15) is 0 Å². The lowest BCUT2D eigenvalue weighted by Gasteiger charge is -2.42. The minimum absolute atomic E-state index is 0.263. The Balaban J connectivity index is 1.40. The molecule has 3 aliphatic rings. The summed E-state index contributed by atoms with van der Waals surface area (Å²) in [5, 5.41) is 2.78. The normalized spacial score (nSPS) is 27.6. The van der Waals surface area contributed by atoms with Gasteiger partial charge in [-0.15, -0.1) is 0 Å². The number of amides is 1. The van der Waals surface area contributed by atoms with Crippen LogP contribution in [0.3, 0.4) is 0 Å². The van der Waals surface area contributed by atoms with Gasteiger partial charge in [-0.1, -0.05) is 18.2 Å². The highest BCUT2D eigenvalue weighted by Crippen LogP contribution is 2.32. The Kier molecular flexibility index (Phi) is 3.03. The van der Waals surface area contributed by atoms with E-state index in [2.05, 4.69) is 22.3 Å². The topological polar surface area (TPSA) is 50.8 Å². The maximum Gasteiger partial charge on any atom is 0.407 e. The fraction of sp³-hybridized carbons (Fsp3) is 0.562. The lowest BCUT2D eigenvalue weighted by atomic mass is 9.90. The van der Waals surface area contributed by atoms with E-state index < -0.39 is 0 Å². The first kappa shape index (κ1) is 13.0. The predicted molar refractivity (Wildman–Crippen MR) is 77.5 cm³/mol. The Bertz CT molecular complexity index is 552. The number of alkyl carbamates (subject to hydrolysis) is 1. The van der Waals surface area contributed by atoms with E-state index in [-0.39, 0.29) is 11.7 Å². The van der Waals surface area contributed by atoms with Crippen molar-refractivity contribution in [1.29, 1.82) is 0 Å². The molecule has 1 aromatic carbocycles. The summed E-state index contributed by atoms with van der Waals surface area (Å²) in [7, 11) is 0. The number of nitrogens with zero attached hydrogens (tertiary/aromatic N) is 1. The first-order valence-corrected chi connectivity index (χ1v) is 7.66. The van der Waals surface area contributed by atoms with E-state index in [4.69, 9.17) is 9.47 Å². The summed E-state index contributed by atoms with van der Waals surface area (Å²) in [5.41, 5.74) is 1.03. The summed E-state index contributed by atoms with van der Waals surface area (Å²) in [5.74, 6) is 1.02. The quantitative estimate of drug-likeness (QED) is 0.852. The SMILES string of the molecule is O=C1NCC2(CCN(C3COc4ccccc4C3)CC2)O1. The Hall–Kier alpha value is -1.75. The van der Waals surface area contributed by atoms with E-state index in [0.29, 0.717) is 12.6 Å². The number of hydrogen-bond acceptors (Lipinski definition) is 4. The number of likely N-dealkylation sites (tertiary alicyclic amines) is 1. The molecule has 4 rings (SSSR count). The lowest BCUT2D eigenvalue weighted by molar-refractivity contribution is -0.0173. The third-order valence-electron chi connectivity index (χ3n) is 4.95. The van der Waals surface area contributed by atoms with Gasteiger partial charge in [-0.05, 0) is 18.1 Å². The molecule has 0 bridgehead atoms. The molecule has 2 fully saturated rings. The summed E-state index contributed by atoms with van der Waals surface area (Å²) in [6.07, 6.45) is 2.59. The van der Waals surface area contributed by atoms with Gasteiger partial charge in [-0.3, -0.25) is 4.90 Å². The molecule has 3 aliphatic heterocycles. The molecule has 1 N–H and O–H groups in total. The summed E-state index contributed by atoms with van der Waals surface area (Å²) in [4.78, 5) is 13.7. The van der Waals surface area contributed by atoms with Crippen LogP contribution < -0.4 is 10.1 Å². The molecular formula is C16H20N2O3. The van der Waals surface area contributed by atoms with Crippen molar-refractivity contribution < 1.29 is 14.3 Å². The van der Waals surface area contributed by atoms with E-state index in [1.807, 2.05) is 12.1 Å². The first-order chi connectivity index (χ1) is 10.2. The molecular weight excluding hydrogens is 268 g/mol. The summed E-state index contributed by atoms with van der Waals surface area (Å²) < 4.78 is 11.4. The van der Waals surface area contributed by atoms with Crippen molar-refractivity contribution in [3.05, 3.63) is 29.8 Å². The van der Waals surface area contributed by atoms with Gasteiger partial charge in [-0.25, -0.2) is 4.79 Å². The van der Waals surface area contributed by atoms with E-state index >= 15 is 0 Å². The number of carbonyl (C=O) groups is 1. The third kappa shape index (κ3) is 2.35. The predicted octanol–water partition coefficient (Wildman–Crippen LogP) is 1.56. The number of hydrogen-bond donors (Lipinski definition) is 1. The number of nitrogens with one attached hydrogen (secondary N) is 1. The van der Waals surface area contributed by atoms with Crippen LogP contribution in [-0.4, -0.2) is 48.9 Å². The monoisotopic (exact) mass is 288 g/mol. The minimum Gasteiger partial charge on any atom is -0.492 e. The first-order valence-electron chi connectivity index (χ1n) is 7.66. The lowest BCUT2D eigenvalue weighted by Crippen LogP contribution is -2.52. The van der Waals surface area contributed by atoms with Crippen molar-refractivity contribution in [2.45, 2.75) is 30.9 Å². The molecule has 5 heteroatoms. The number of carbonyl (C=O) groups excluding carboxylic acids is 1. The second-order valence-corrected chi connectivity index (χ2v) is 6.24. The van der Waals surface area contributed by atoms with Gasteiger partial charge in [0.1, 0.15) is 18.0 Å². The molecule has 1 atom stereocenters. The number of ether oxygens (including phenoxy) is 2. The van der Waals surface area contributed by atoms with Crippen LogP contribution >= 0.6 is 0 Å². The average molecular weight is 288 g/mol. The Morgan fingerprint density at radius 3 is 2.81 bits per heavy atom. The standard InChI is InChI=1S/C16H20N2O3/c19-15-17-11-16(21-15)5-7-18(8-6-16)13-9-12-3-1-2-4-14(12)20-10-13/h1-4,13H,5-11H2,(H,17,19). The van der Waals surface area contributed by atoms with Gasteiger partial charge in [0.25, 0.3) is 0 Å². The second kappa shape index (κ2) is 4.91. The van der Waals surface area contributed by atoms with E-state index in [0.717, 1.165) is 44.7 Å². The summed E-state index contributed by atoms with van der Waals surface area (Å²) >= 11 is 0. The van der Waals surface area contributed by atoms with Crippen LogP contribution in [0.1, 0.15) is 18.4 Å². The van der Waals surface area contributed by atoms with Crippen molar-refractivity contribution in [2.75, 3.05) is 26.2 Å². The number of fused-ring (bicyclic) bond motifs is 1. The highest BCUT2D eigenvalue weighted by atomic mass is 16.6. The molecule has 5 nitrogen and oxygen atoms in total. The highest BCUT2D eigenvalue weighted by molar-refractivity contribution is 5.70. The van der Waals surface area contributed by atoms with Gasteiger partial charge < -0.3 is 14.8 Å². The number of rotatable bonds is 1. The van der Waals surface area contributed by atoms with Gasteiger partial charge in [0.2, 0.25) is 0 Å². The molecule has 0 aliphatic carbocycles. The molecule has 1 aromatic rings. The van der Waals surface area contributed by atoms with E-state index in [1.54, 1.807) is 0 Å². The average Bonchev–Trinajstić information content (AvgIpc) is 2.88. The van der Waals surface area contributed by atoms with Crippen molar-refractivity contribution >= 4 is 6.09 Å². The summed E-state index contributed by atoms with van der Waals surface area (Å²) in [6, 6.07) is 8.71. The fourth-order valence-electron chi connectivity index (χ4n) is 3.62. The van der Waals surface area contributed by atoms with Crippen molar-refractivity contribution in [3.8, 4) is 5.75 Å². The molecule has 1 spiro atoms. The van der Waals surface area contributed by atoms with Crippen LogP contribution in [0, 0.1) is 0 Å². The van der Waals surface area contributed by atoms with E-state index in [1.165, 1.54) is 5.56 Å². The van der Waals surface area contributed by atoms with Gasteiger partial charge in [0.15, 0.2) is 0 Å². The largest absolute Gasteiger partial charge is 0.492 e. The van der Waals surface area contributed by atoms with Crippen LogP contribution in [0.5, 0.6) is 5.75 Å². The van der Waals surface area contributed by atoms with Crippen LogP contribution in [0.15, 0.2) is 24.3 Å². The van der Waals surface area contributed by atoms with Crippen molar-refractivity contribution in [1.82, 2.24) is 10.2 Å². The molecule has 21 heavy (non-hydrogen) atoms. The van der Waals surface area contributed by atoms with Gasteiger partial charge in [0, 0.05) is 32.0 Å². The van der Waals surface area contributed by atoms with Gasteiger partial charge >= 0.3 is 6.09 Å². The summed E-state index contributed by atoms with van der Waals surface area (Å²) in [6.45, 7) is 3.34. The molecule has 112 valence electrons. The second-order valence-electron chi connectivity index (χ2n) is 6.24. The van der Waals surface area contributed by atoms with Crippen LogP contribution in [0.2, 0.25) is 0 Å². The smallest absolute Gasteiger partial charge is 0.407 e. The maximum absolute atomic E-state index is 11.3. The fourth-order valence-corrected chi connectivity index (χ4v) is 3.62. The molecule has 2 saturated heterocycles. The molecule has 0 aromatic heterocycles. The minimum atomic E-state index is -0.265.